The Morgan fingerprint density at radius 2 is 2.00 bits per heavy atom. The molecule has 0 aromatic carbocycles. The third-order valence-corrected chi connectivity index (χ3v) is 5.33. The van der Waals surface area contributed by atoms with Crippen LogP contribution in [-0.4, -0.2) is 76.6 Å². The van der Waals surface area contributed by atoms with Gasteiger partial charge in [0.05, 0.1) is 13.2 Å². The van der Waals surface area contributed by atoms with Crippen LogP contribution in [0.1, 0.15) is 46.5 Å². The molecule has 158 valence electrons. The third kappa shape index (κ3) is 9.77. The van der Waals surface area contributed by atoms with Gasteiger partial charge in [-0.05, 0) is 51.0 Å². The number of guanidine groups is 1. The van der Waals surface area contributed by atoms with Crippen molar-refractivity contribution in [2.45, 2.75) is 46.5 Å². The molecule has 0 aromatic rings. The zero-order valence-corrected chi connectivity index (χ0v) is 17.8. The molecule has 2 aliphatic heterocycles. The number of ether oxygens (including phenoxy) is 2. The van der Waals surface area contributed by atoms with Gasteiger partial charge < -0.3 is 25.0 Å². The average molecular weight is 383 g/mol. The lowest BCUT2D eigenvalue weighted by molar-refractivity contribution is 0.0893. The van der Waals surface area contributed by atoms with E-state index < -0.39 is 0 Å². The first-order chi connectivity index (χ1) is 13.2. The molecule has 2 aliphatic rings. The highest BCUT2D eigenvalue weighted by molar-refractivity contribution is 5.79. The summed E-state index contributed by atoms with van der Waals surface area (Å²) in [6.07, 6.45) is 4.65. The summed E-state index contributed by atoms with van der Waals surface area (Å²) < 4.78 is 11.1. The van der Waals surface area contributed by atoms with Gasteiger partial charge in [0.2, 0.25) is 0 Å². The largest absolute Gasteiger partial charge is 0.381 e. The van der Waals surface area contributed by atoms with Gasteiger partial charge in [-0.25, -0.2) is 0 Å². The summed E-state index contributed by atoms with van der Waals surface area (Å²) in [4.78, 5) is 7.29. The Bertz CT molecular complexity index is 403. The van der Waals surface area contributed by atoms with Crippen LogP contribution in [0.5, 0.6) is 0 Å². The lowest BCUT2D eigenvalue weighted by Crippen LogP contribution is -2.41. The molecule has 2 rings (SSSR count). The predicted octanol–water partition coefficient (Wildman–Crippen LogP) is 2.35. The molecular formula is C21H42N4O2. The fourth-order valence-corrected chi connectivity index (χ4v) is 4.15. The Morgan fingerprint density at radius 3 is 2.70 bits per heavy atom. The average Bonchev–Trinajstić information content (AvgIpc) is 3.14. The predicted molar refractivity (Wildman–Crippen MR) is 112 cm³/mol. The molecule has 2 fully saturated rings. The van der Waals surface area contributed by atoms with Gasteiger partial charge in [0.15, 0.2) is 5.96 Å². The Hall–Kier alpha value is -0.850. The first-order valence-corrected chi connectivity index (χ1v) is 11.1. The van der Waals surface area contributed by atoms with Gasteiger partial charge in [0.25, 0.3) is 0 Å². The van der Waals surface area contributed by atoms with Gasteiger partial charge in [-0.3, -0.25) is 4.99 Å². The molecule has 0 radical (unpaired) electrons. The van der Waals surface area contributed by atoms with Crippen molar-refractivity contribution in [1.29, 1.82) is 0 Å². The van der Waals surface area contributed by atoms with E-state index in [2.05, 4.69) is 41.3 Å². The second kappa shape index (κ2) is 13.3. The highest BCUT2D eigenvalue weighted by Gasteiger charge is 2.21. The highest BCUT2D eigenvalue weighted by Crippen LogP contribution is 2.20. The normalized spacial score (nSPS) is 27.1. The Balaban J connectivity index is 1.53. The minimum atomic E-state index is 0.596. The van der Waals surface area contributed by atoms with Crippen molar-refractivity contribution in [3.8, 4) is 0 Å². The molecule has 0 bridgehead atoms. The van der Waals surface area contributed by atoms with Crippen molar-refractivity contribution in [3.63, 3.8) is 0 Å². The molecule has 0 amide bonds. The number of hydrogen-bond donors (Lipinski definition) is 2. The summed E-state index contributed by atoms with van der Waals surface area (Å²) in [5.41, 5.74) is 0. The van der Waals surface area contributed by atoms with Crippen LogP contribution in [-0.2, 0) is 9.47 Å². The molecule has 0 aliphatic carbocycles. The zero-order chi connectivity index (χ0) is 19.3. The van der Waals surface area contributed by atoms with Crippen LogP contribution in [0.4, 0.5) is 0 Å². The van der Waals surface area contributed by atoms with Crippen molar-refractivity contribution < 1.29 is 9.47 Å². The number of nitrogens with zero attached hydrogens (tertiary/aromatic N) is 2. The topological polar surface area (TPSA) is 58.1 Å². The highest BCUT2D eigenvalue weighted by atomic mass is 16.5. The van der Waals surface area contributed by atoms with E-state index in [0.717, 1.165) is 83.1 Å². The summed E-state index contributed by atoms with van der Waals surface area (Å²) in [5.74, 6) is 3.20. The van der Waals surface area contributed by atoms with E-state index in [9.17, 15) is 0 Å². The summed E-state index contributed by atoms with van der Waals surface area (Å²) in [6.45, 7) is 16.6. The Kier molecular flexibility index (Phi) is 11.1. The number of hydrogen-bond acceptors (Lipinski definition) is 4. The van der Waals surface area contributed by atoms with Crippen LogP contribution in [0.15, 0.2) is 4.99 Å². The monoisotopic (exact) mass is 382 g/mol. The molecule has 2 heterocycles. The second-order valence-electron chi connectivity index (χ2n) is 8.40. The number of piperidine rings is 1. The van der Waals surface area contributed by atoms with Gasteiger partial charge in [-0.15, -0.1) is 0 Å². The minimum Gasteiger partial charge on any atom is -0.381 e. The maximum absolute atomic E-state index is 5.75. The van der Waals surface area contributed by atoms with E-state index in [1.165, 1.54) is 26.1 Å². The Labute approximate surface area is 166 Å². The molecule has 3 unspecified atom stereocenters. The fourth-order valence-electron chi connectivity index (χ4n) is 4.15. The molecule has 0 aromatic heterocycles. The molecule has 3 atom stereocenters. The minimum absolute atomic E-state index is 0.596. The van der Waals surface area contributed by atoms with Crippen LogP contribution in [0, 0.1) is 17.8 Å². The van der Waals surface area contributed by atoms with Gasteiger partial charge in [-0.2, -0.15) is 0 Å². The molecule has 6 heteroatoms. The fraction of sp³-hybridized carbons (Fsp3) is 0.952. The standard InChI is InChI=1S/C21H42N4O2/c1-4-22-21(24-9-6-11-26-16-20-7-12-27-17-20)23-8-5-10-25-14-18(2)13-19(3)15-25/h18-20H,4-17H2,1-3H3,(H2,22,23,24). The van der Waals surface area contributed by atoms with E-state index in [1.807, 2.05) is 0 Å². The lowest BCUT2D eigenvalue weighted by Gasteiger charge is -2.35. The van der Waals surface area contributed by atoms with Crippen molar-refractivity contribution >= 4 is 5.96 Å². The SMILES string of the molecule is CCNC(=NCCCOCC1CCOC1)NCCCN1CC(C)CC(C)C1. The van der Waals surface area contributed by atoms with E-state index in [-0.39, 0.29) is 0 Å². The number of rotatable bonds is 11. The van der Waals surface area contributed by atoms with E-state index in [1.54, 1.807) is 0 Å². The summed E-state index contributed by atoms with van der Waals surface area (Å²) in [7, 11) is 0. The van der Waals surface area contributed by atoms with Gasteiger partial charge in [0, 0.05) is 51.9 Å². The van der Waals surface area contributed by atoms with E-state index in [0.29, 0.717) is 5.92 Å². The van der Waals surface area contributed by atoms with Crippen LogP contribution < -0.4 is 10.6 Å². The van der Waals surface area contributed by atoms with Crippen molar-refractivity contribution in [1.82, 2.24) is 15.5 Å². The van der Waals surface area contributed by atoms with Crippen molar-refractivity contribution in [3.05, 3.63) is 0 Å². The van der Waals surface area contributed by atoms with Crippen LogP contribution in [0.3, 0.4) is 0 Å². The second-order valence-corrected chi connectivity index (χ2v) is 8.40. The third-order valence-electron chi connectivity index (χ3n) is 5.33. The van der Waals surface area contributed by atoms with E-state index in [4.69, 9.17) is 9.47 Å². The number of nitrogens with one attached hydrogen (secondary N) is 2. The summed E-state index contributed by atoms with van der Waals surface area (Å²) in [5, 5.41) is 6.81. The molecule has 27 heavy (non-hydrogen) atoms. The smallest absolute Gasteiger partial charge is 0.191 e. The maximum atomic E-state index is 5.75. The molecular weight excluding hydrogens is 340 g/mol. The molecule has 2 N–H and O–H groups in total. The van der Waals surface area contributed by atoms with Crippen molar-refractivity contribution in [2.24, 2.45) is 22.7 Å². The molecule has 2 saturated heterocycles. The quantitative estimate of drug-likeness (QED) is 0.326. The molecule has 6 nitrogen and oxygen atoms in total. The van der Waals surface area contributed by atoms with Crippen LogP contribution >= 0.6 is 0 Å². The zero-order valence-electron chi connectivity index (χ0n) is 17.8. The first-order valence-electron chi connectivity index (χ1n) is 11.1. The lowest BCUT2D eigenvalue weighted by atomic mass is 9.92. The van der Waals surface area contributed by atoms with Crippen LogP contribution in [0.25, 0.3) is 0 Å². The molecule has 0 saturated carbocycles. The number of likely N-dealkylation sites (tertiary alicyclic amines) is 1. The van der Waals surface area contributed by atoms with Gasteiger partial charge in [0.1, 0.15) is 0 Å². The van der Waals surface area contributed by atoms with Crippen LogP contribution in [0.2, 0.25) is 0 Å². The summed E-state index contributed by atoms with van der Waals surface area (Å²) >= 11 is 0. The Morgan fingerprint density at radius 1 is 1.19 bits per heavy atom. The summed E-state index contributed by atoms with van der Waals surface area (Å²) in [6, 6.07) is 0. The van der Waals surface area contributed by atoms with Gasteiger partial charge >= 0.3 is 0 Å². The molecule has 0 spiro atoms. The van der Waals surface area contributed by atoms with E-state index >= 15 is 0 Å². The number of aliphatic imine (C=N–C) groups is 1. The maximum Gasteiger partial charge on any atom is 0.191 e. The van der Waals surface area contributed by atoms with Crippen molar-refractivity contribution in [2.75, 3.05) is 65.7 Å². The van der Waals surface area contributed by atoms with Gasteiger partial charge in [-0.1, -0.05) is 13.8 Å². The first kappa shape index (κ1) is 22.4.